The molecule has 10 heavy (non-hydrogen) atoms. The van der Waals surface area contributed by atoms with Gasteiger partial charge in [0.15, 0.2) is 0 Å². The van der Waals surface area contributed by atoms with Crippen molar-refractivity contribution >= 4 is 11.9 Å². The third-order valence-corrected chi connectivity index (χ3v) is 0.845. The van der Waals surface area contributed by atoms with Crippen LogP contribution in [0.25, 0.3) is 0 Å². The fraction of sp³-hybridized carbons (Fsp3) is 0.333. The van der Waals surface area contributed by atoms with Crippen molar-refractivity contribution in [2.75, 3.05) is 5.73 Å². The Morgan fingerprint density at radius 3 is 2.90 bits per heavy atom. The van der Waals surface area contributed by atoms with Crippen LogP contribution in [0.15, 0.2) is 0 Å². The van der Waals surface area contributed by atoms with E-state index in [2.05, 4.69) is 15.5 Å². The SMILES string of the molecule is Nc1nnnn1CC(=O)O. The second-order valence-corrected chi connectivity index (χ2v) is 1.59. The molecular formula is C3H5N5O2. The first-order valence-corrected chi connectivity index (χ1v) is 2.43. The number of hydrogen-bond acceptors (Lipinski definition) is 5. The molecule has 0 aliphatic heterocycles. The van der Waals surface area contributed by atoms with E-state index in [0.717, 1.165) is 4.68 Å². The zero-order chi connectivity index (χ0) is 7.56. The molecule has 0 aliphatic rings. The summed E-state index contributed by atoms with van der Waals surface area (Å²) < 4.78 is 0.988. The number of aliphatic carboxylic acids is 1. The predicted octanol–water partition coefficient (Wildman–Crippen LogP) is -1.66. The molecule has 0 fully saturated rings. The summed E-state index contributed by atoms with van der Waals surface area (Å²) in [7, 11) is 0. The number of rotatable bonds is 2. The summed E-state index contributed by atoms with van der Waals surface area (Å²) >= 11 is 0. The van der Waals surface area contributed by atoms with Crippen molar-refractivity contribution in [1.29, 1.82) is 0 Å². The van der Waals surface area contributed by atoms with Crippen LogP contribution in [0.5, 0.6) is 0 Å². The molecule has 7 heteroatoms. The molecular weight excluding hydrogens is 138 g/mol. The molecule has 7 nitrogen and oxygen atoms in total. The summed E-state index contributed by atoms with van der Waals surface area (Å²) in [5.41, 5.74) is 5.15. The van der Waals surface area contributed by atoms with Crippen LogP contribution in [0, 0.1) is 0 Å². The highest BCUT2D eigenvalue weighted by atomic mass is 16.4. The Balaban J connectivity index is 2.74. The molecule has 0 bridgehead atoms. The molecule has 1 rings (SSSR count). The van der Waals surface area contributed by atoms with Crippen molar-refractivity contribution in [3.8, 4) is 0 Å². The number of carboxylic acid groups (broad SMARTS) is 1. The maximum Gasteiger partial charge on any atom is 0.325 e. The molecule has 0 amide bonds. The molecule has 1 heterocycles. The number of tetrazole rings is 1. The van der Waals surface area contributed by atoms with E-state index in [4.69, 9.17) is 10.8 Å². The molecule has 1 aromatic rings. The molecule has 3 N–H and O–H groups in total. The Labute approximate surface area is 55.4 Å². The maximum absolute atomic E-state index is 10.0. The van der Waals surface area contributed by atoms with Gasteiger partial charge in [-0.3, -0.25) is 4.79 Å². The van der Waals surface area contributed by atoms with Crippen molar-refractivity contribution in [2.45, 2.75) is 6.54 Å². The lowest BCUT2D eigenvalue weighted by atomic mass is 10.7. The first kappa shape index (κ1) is 6.46. The summed E-state index contributed by atoms with van der Waals surface area (Å²) in [4.78, 5) is 10.0. The molecule has 0 saturated heterocycles. The third-order valence-electron chi connectivity index (χ3n) is 0.845. The van der Waals surface area contributed by atoms with Gasteiger partial charge in [0.1, 0.15) is 6.54 Å². The van der Waals surface area contributed by atoms with Gasteiger partial charge < -0.3 is 10.8 Å². The van der Waals surface area contributed by atoms with Gasteiger partial charge in [0, 0.05) is 0 Å². The van der Waals surface area contributed by atoms with Gasteiger partial charge in [-0.2, -0.15) is 0 Å². The normalized spacial score (nSPS) is 9.60. The highest BCUT2D eigenvalue weighted by Gasteiger charge is 2.03. The highest BCUT2D eigenvalue weighted by Crippen LogP contribution is 1.89. The molecule has 1 aromatic heterocycles. The van der Waals surface area contributed by atoms with Crippen molar-refractivity contribution in [3.05, 3.63) is 0 Å². The van der Waals surface area contributed by atoms with Crippen LogP contribution in [0.3, 0.4) is 0 Å². The van der Waals surface area contributed by atoms with Crippen LogP contribution in [0.4, 0.5) is 5.95 Å². The van der Waals surface area contributed by atoms with Crippen LogP contribution in [-0.2, 0) is 11.3 Å². The Bertz CT molecular complexity index is 243. The summed E-state index contributed by atoms with van der Waals surface area (Å²) in [5.74, 6) is -1.03. The van der Waals surface area contributed by atoms with E-state index in [1.54, 1.807) is 0 Å². The van der Waals surface area contributed by atoms with Gasteiger partial charge in [-0.1, -0.05) is 5.10 Å². The minimum atomic E-state index is -1.03. The topological polar surface area (TPSA) is 107 Å². The zero-order valence-corrected chi connectivity index (χ0v) is 4.93. The number of carboxylic acids is 1. The van der Waals surface area contributed by atoms with Crippen LogP contribution in [-0.4, -0.2) is 31.3 Å². The minimum Gasteiger partial charge on any atom is -0.480 e. The molecule has 0 atom stereocenters. The summed E-state index contributed by atoms with van der Waals surface area (Å²) in [5, 5.41) is 18.0. The van der Waals surface area contributed by atoms with Gasteiger partial charge in [0.2, 0.25) is 5.95 Å². The first-order valence-electron chi connectivity index (χ1n) is 2.43. The van der Waals surface area contributed by atoms with Gasteiger partial charge >= 0.3 is 5.97 Å². The van der Waals surface area contributed by atoms with E-state index in [1.165, 1.54) is 0 Å². The van der Waals surface area contributed by atoms with Crippen molar-refractivity contribution in [1.82, 2.24) is 20.2 Å². The van der Waals surface area contributed by atoms with Crippen molar-refractivity contribution < 1.29 is 9.90 Å². The lowest BCUT2D eigenvalue weighted by molar-refractivity contribution is -0.137. The molecule has 0 spiro atoms. The van der Waals surface area contributed by atoms with Gasteiger partial charge in [-0.05, 0) is 10.4 Å². The molecule has 0 radical (unpaired) electrons. The fourth-order valence-corrected chi connectivity index (χ4v) is 0.452. The molecule has 0 aromatic carbocycles. The van der Waals surface area contributed by atoms with Gasteiger partial charge in [-0.15, -0.1) is 0 Å². The predicted molar refractivity (Wildman–Crippen MR) is 29.9 cm³/mol. The number of carbonyl (C=O) groups is 1. The number of nitrogens with zero attached hydrogens (tertiary/aromatic N) is 4. The fourth-order valence-electron chi connectivity index (χ4n) is 0.452. The first-order chi connectivity index (χ1) is 4.70. The van der Waals surface area contributed by atoms with Crippen LogP contribution in [0.2, 0.25) is 0 Å². The lowest BCUT2D eigenvalue weighted by Crippen LogP contribution is -2.12. The average Bonchev–Trinajstić information content (AvgIpc) is 2.15. The van der Waals surface area contributed by atoms with E-state index < -0.39 is 5.97 Å². The highest BCUT2D eigenvalue weighted by molar-refractivity contribution is 5.66. The Kier molecular flexibility index (Phi) is 1.48. The quantitative estimate of drug-likeness (QED) is 0.513. The maximum atomic E-state index is 10.0. The number of nitrogen functional groups attached to an aromatic ring is 1. The number of aromatic nitrogens is 4. The minimum absolute atomic E-state index is 0.00222. The monoisotopic (exact) mass is 143 g/mol. The molecule has 54 valence electrons. The van der Waals surface area contributed by atoms with Gasteiger partial charge in [0.05, 0.1) is 0 Å². The number of anilines is 1. The molecule has 0 saturated carbocycles. The molecule has 0 aliphatic carbocycles. The largest absolute Gasteiger partial charge is 0.480 e. The Morgan fingerprint density at radius 1 is 1.80 bits per heavy atom. The average molecular weight is 143 g/mol. The summed E-state index contributed by atoms with van der Waals surface area (Å²) in [6.07, 6.45) is 0. The standard InChI is InChI=1S/C3H5N5O2/c4-3-5-6-7-8(3)1-2(9)10/h1H2,(H,9,10)(H2,4,5,7). The lowest BCUT2D eigenvalue weighted by Gasteiger charge is -1.92. The van der Waals surface area contributed by atoms with E-state index in [0.29, 0.717) is 0 Å². The van der Waals surface area contributed by atoms with Crippen molar-refractivity contribution in [3.63, 3.8) is 0 Å². The van der Waals surface area contributed by atoms with E-state index in [1.807, 2.05) is 0 Å². The van der Waals surface area contributed by atoms with E-state index in [9.17, 15) is 4.79 Å². The Morgan fingerprint density at radius 2 is 2.50 bits per heavy atom. The summed E-state index contributed by atoms with van der Waals surface area (Å²) in [6.45, 7) is -0.307. The van der Waals surface area contributed by atoms with Crippen LogP contribution in [0.1, 0.15) is 0 Å². The second kappa shape index (κ2) is 2.29. The smallest absolute Gasteiger partial charge is 0.325 e. The van der Waals surface area contributed by atoms with E-state index in [-0.39, 0.29) is 12.5 Å². The number of hydrogen-bond donors (Lipinski definition) is 2. The van der Waals surface area contributed by atoms with Gasteiger partial charge in [0.25, 0.3) is 0 Å². The molecule has 0 unspecified atom stereocenters. The third kappa shape index (κ3) is 1.19. The van der Waals surface area contributed by atoms with Gasteiger partial charge in [-0.25, -0.2) is 4.68 Å². The van der Waals surface area contributed by atoms with Crippen LogP contribution >= 0.6 is 0 Å². The summed E-state index contributed by atoms with van der Waals surface area (Å²) in [6, 6.07) is 0. The zero-order valence-electron chi connectivity index (χ0n) is 4.93. The second-order valence-electron chi connectivity index (χ2n) is 1.59. The van der Waals surface area contributed by atoms with Crippen molar-refractivity contribution in [2.24, 2.45) is 0 Å². The van der Waals surface area contributed by atoms with Crippen LogP contribution < -0.4 is 5.73 Å². The Hall–Kier alpha value is -1.66. The van der Waals surface area contributed by atoms with E-state index >= 15 is 0 Å². The number of nitrogens with two attached hydrogens (primary N) is 1.